The third kappa shape index (κ3) is 7.28. The molecule has 0 aliphatic heterocycles. The van der Waals surface area contributed by atoms with E-state index in [2.05, 4.69) is 11.8 Å². The van der Waals surface area contributed by atoms with E-state index >= 15 is 0 Å². The van der Waals surface area contributed by atoms with Crippen LogP contribution in [0.4, 0.5) is 0 Å². The van der Waals surface area contributed by atoms with E-state index in [0.717, 1.165) is 32.4 Å². The Hall–Kier alpha value is -0.680. The molecule has 5 heteroatoms. The molecule has 0 fully saturated rings. The predicted octanol–water partition coefficient (Wildman–Crippen LogP) is 1.28. The van der Waals surface area contributed by atoms with E-state index in [9.17, 15) is 4.79 Å². The molecule has 100 valence electrons. The van der Waals surface area contributed by atoms with Crippen molar-refractivity contribution in [1.29, 1.82) is 0 Å². The van der Waals surface area contributed by atoms with E-state index < -0.39 is 0 Å². The molecule has 0 aliphatic rings. The normalized spacial score (nSPS) is 11.8. The second-order valence-corrected chi connectivity index (χ2v) is 5.53. The van der Waals surface area contributed by atoms with Crippen LogP contribution in [-0.4, -0.2) is 35.4 Å². The molecule has 4 N–H and O–H groups in total. The maximum atomic E-state index is 11.0. The minimum atomic E-state index is -0.283. The van der Waals surface area contributed by atoms with Crippen molar-refractivity contribution in [3.05, 3.63) is 0 Å². The van der Waals surface area contributed by atoms with Gasteiger partial charge in [0.05, 0.1) is 11.5 Å². The summed E-state index contributed by atoms with van der Waals surface area (Å²) in [5, 5.41) is 0. The zero-order valence-electron chi connectivity index (χ0n) is 11.2. The number of nitrogens with two attached hydrogens (primary N) is 2. The molecule has 1 amide bonds. The quantitative estimate of drug-likeness (QED) is 0.612. The third-order valence-electron chi connectivity index (χ3n) is 2.93. The van der Waals surface area contributed by atoms with Crippen molar-refractivity contribution in [3.8, 4) is 0 Å². The van der Waals surface area contributed by atoms with Crippen LogP contribution in [0.2, 0.25) is 0 Å². The van der Waals surface area contributed by atoms with Gasteiger partial charge in [-0.3, -0.25) is 9.69 Å². The lowest BCUT2D eigenvalue weighted by Gasteiger charge is -2.28. The van der Waals surface area contributed by atoms with E-state index in [0.29, 0.717) is 11.5 Å². The molecule has 0 rings (SSSR count). The largest absolute Gasteiger partial charge is 0.393 e. The number of hydrogen-bond acceptors (Lipinski definition) is 3. The van der Waals surface area contributed by atoms with Crippen LogP contribution in [0.5, 0.6) is 0 Å². The van der Waals surface area contributed by atoms with Crippen molar-refractivity contribution in [1.82, 2.24) is 4.90 Å². The fraction of sp³-hybridized carbons (Fsp3) is 0.833. The second kappa shape index (κ2) is 7.61. The van der Waals surface area contributed by atoms with Crippen molar-refractivity contribution in [3.63, 3.8) is 0 Å². The number of rotatable bonds is 9. The SMILES string of the molecule is CCCCN(CCC(C)(C)C(N)=S)CC(N)=O. The lowest BCUT2D eigenvalue weighted by Crippen LogP contribution is -2.39. The zero-order chi connectivity index (χ0) is 13.5. The van der Waals surface area contributed by atoms with Gasteiger partial charge in [-0.15, -0.1) is 0 Å². The van der Waals surface area contributed by atoms with Crippen molar-refractivity contribution < 1.29 is 4.79 Å². The summed E-state index contributed by atoms with van der Waals surface area (Å²) in [4.78, 5) is 13.6. The fourth-order valence-corrected chi connectivity index (χ4v) is 1.53. The Morgan fingerprint density at radius 3 is 2.29 bits per heavy atom. The highest BCUT2D eigenvalue weighted by molar-refractivity contribution is 7.80. The molecule has 0 radical (unpaired) electrons. The number of thiocarbonyl (C=S) groups is 1. The minimum Gasteiger partial charge on any atom is -0.393 e. The molecule has 4 nitrogen and oxygen atoms in total. The standard InChI is InChI=1S/C12H25N3OS/c1-4-5-7-15(9-10(13)16)8-6-12(2,3)11(14)17/h4-9H2,1-3H3,(H2,13,16)(H2,14,17). The van der Waals surface area contributed by atoms with E-state index in [1.165, 1.54) is 0 Å². The summed E-state index contributed by atoms with van der Waals surface area (Å²) in [7, 11) is 0. The summed E-state index contributed by atoms with van der Waals surface area (Å²) in [5.41, 5.74) is 10.7. The van der Waals surface area contributed by atoms with Crippen LogP contribution in [0.25, 0.3) is 0 Å². The van der Waals surface area contributed by atoms with E-state index in [1.54, 1.807) is 0 Å². The zero-order valence-corrected chi connectivity index (χ0v) is 12.0. The molecule has 0 unspecified atom stereocenters. The summed E-state index contributed by atoms with van der Waals surface area (Å²) in [6, 6.07) is 0. The molecule has 0 heterocycles. The summed E-state index contributed by atoms with van der Waals surface area (Å²) in [5.74, 6) is -0.283. The Kier molecular flexibility index (Phi) is 7.30. The Balaban J connectivity index is 4.23. The van der Waals surface area contributed by atoms with Gasteiger partial charge in [-0.1, -0.05) is 39.4 Å². The molecule has 0 aromatic rings. The van der Waals surface area contributed by atoms with Crippen LogP contribution in [0, 0.1) is 5.41 Å². The van der Waals surface area contributed by atoms with Gasteiger partial charge >= 0.3 is 0 Å². The number of amides is 1. The minimum absolute atomic E-state index is 0.169. The van der Waals surface area contributed by atoms with E-state index in [-0.39, 0.29) is 11.3 Å². The predicted molar refractivity (Wildman–Crippen MR) is 75.7 cm³/mol. The summed E-state index contributed by atoms with van der Waals surface area (Å²) in [6.45, 7) is 8.18. The molecular formula is C12H25N3OS. The van der Waals surface area contributed by atoms with Crippen molar-refractivity contribution >= 4 is 23.1 Å². The first kappa shape index (κ1) is 16.3. The van der Waals surface area contributed by atoms with E-state index in [1.807, 2.05) is 13.8 Å². The average molecular weight is 259 g/mol. The van der Waals surface area contributed by atoms with Crippen LogP contribution in [0.1, 0.15) is 40.0 Å². The van der Waals surface area contributed by atoms with Crippen molar-refractivity contribution in [2.45, 2.75) is 40.0 Å². The summed E-state index contributed by atoms with van der Waals surface area (Å²) in [6.07, 6.45) is 3.02. The topological polar surface area (TPSA) is 72.3 Å². The number of nitrogens with zero attached hydrogens (tertiary/aromatic N) is 1. The number of carbonyl (C=O) groups is 1. The van der Waals surface area contributed by atoms with Gasteiger partial charge in [0, 0.05) is 5.41 Å². The van der Waals surface area contributed by atoms with Crippen molar-refractivity contribution in [2.24, 2.45) is 16.9 Å². The number of unbranched alkanes of at least 4 members (excludes halogenated alkanes) is 1. The molecule has 0 spiro atoms. The van der Waals surface area contributed by atoms with Crippen LogP contribution in [-0.2, 0) is 4.79 Å². The smallest absolute Gasteiger partial charge is 0.231 e. The highest BCUT2D eigenvalue weighted by Crippen LogP contribution is 2.21. The molecule has 0 saturated heterocycles. The molecule has 17 heavy (non-hydrogen) atoms. The Bertz CT molecular complexity index is 266. The van der Waals surface area contributed by atoms with Gasteiger partial charge in [0.1, 0.15) is 0 Å². The van der Waals surface area contributed by atoms with E-state index in [4.69, 9.17) is 23.7 Å². The van der Waals surface area contributed by atoms with Gasteiger partial charge in [-0.2, -0.15) is 0 Å². The van der Waals surface area contributed by atoms with Gasteiger partial charge in [0.2, 0.25) is 5.91 Å². The first-order valence-electron chi connectivity index (χ1n) is 6.10. The maximum Gasteiger partial charge on any atom is 0.231 e. The number of primary amides is 1. The van der Waals surface area contributed by atoms with Crippen LogP contribution < -0.4 is 11.5 Å². The van der Waals surface area contributed by atoms with Gasteiger partial charge in [0.25, 0.3) is 0 Å². The lowest BCUT2D eigenvalue weighted by molar-refractivity contribution is -0.119. The maximum absolute atomic E-state index is 11.0. The Morgan fingerprint density at radius 1 is 1.29 bits per heavy atom. The van der Waals surface area contributed by atoms with Gasteiger partial charge < -0.3 is 11.5 Å². The van der Waals surface area contributed by atoms with Gasteiger partial charge in [-0.25, -0.2) is 0 Å². The molecular weight excluding hydrogens is 234 g/mol. The van der Waals surface area contributed by atoms with Crippen LogP contribution >= 0.6 is 12.2 Å². The molecule has 0 aliphatic carbocycles. The van der Waals surface area contributed by atoms with Gasteiger partial charge in [0.15, 0.2) is 0 Å². The van der Waals surface area contributed by atoms with Crippen molar-refractivity contribution in [2.75, 3.05) is 19.6 Å². The molecule has 0 saturated carbocycles. The highest BCUT2D eigenvalue weighted by atomic mass is 32.1. The Morgan fingerprint density at radius 2 is 1.88 bits per heavy atom. The Labute approximate surface area is 110 Å². The highest BCUT2D eigenvalue weighted by Gasteiger charge is 2.22. The third-order valence-corrected chi connectivity index (χ3v) is 3.48. The molecule has 0 aromatic carbocycles. The molecule has 0 atom stereocenters. The average Bonchev–Trinajstić information content (AvgIpc) is 2.21. The fourth-order valence-electron chi connectivity index (χ4n) is 1.43. The molecule has 0 bridgehead atoms. The van der Waals surface area contributed by atoms with Gasteiger partial charge in [-0.05, 0) is 25.9 Å². The van der Waals surface area contributed by atoms with Crippen LogP contribution in [0.3, 0.4) is 0 Å². The first-order valence-corrected chi connectivity index (χ1v) is 6.51. The number of hydrogen-bond donors (Lipinski definition) is 2. The first-order chi connectivity index (χ1) is 7.79. The van der Waals surface area contributed by atoms with Crippen LogP contribution in [0.15, 0.2) is 0 Å². The summed E-state index contributed by atoms with van der Waals surface area (Å²) < 4.78 is 0. The summed E-state index contributed by atoms with van der Waals surface area (Å²) >= 11 is 5.03. The lowest BCUT2D eigenvalue weighted by atomic mass is 9.89. The monoisotopic (exact) mass is 259 g/mol. The second-order valence-electron chi connectivity index (χ2n) is 5.09. The molecule has 0 aromatic heterocycles. The number of carbonyl (C=O) groups excluding carboxylic acids is 1.